The van der Waals surface area contributed by atoms with E-state index >= 15 is 0 Å². The molecule has 1 amide bonds. The van der Waals surface area contributed by atoms with Gasteiger partial charge in [-0.3, -0.25) is 0 Å². The number of likely N-dealkylation sites (tertiary alicyclic amines) is 1. The number of amides is 1. The number of methoxy groups -OCH3 is 1. The van der Waals surface area contributed by atoms with Crippen LogP contribution in [-0.4, -0.2) is 38.2 Å². The van der Waals surface area contributed by atoms with Crippen LogP contribution in [0.5, 0.6) is 11.5 Å². The van der Waals surface area contributed by atoms with Crippen molar-refractivity contribution < 1.29 is 14.3 Å². The number of ether oxygens (including phenoxy) is 2. The summed E-state index contributed by atoms with van der Waals surface area (Å²) >= 11 is 0. The third-order valence-corrected chi connectivity index (χ3v) is 3.74. The maximum atomic E-state index is 10.9. The van der Waals surface area contributed by atoms with Crippen LogP contribution in [0.15, 0.2) is 12.1 Å². The molecule has 1 aromatic carbocycles. The summed E-state index contributed by atoms with van der Waals surface area (Å²) in [5.41, 5.74) is 12.8. The number of nitrogens with two attached hydrogens (primary N) is 2. The van der Waals surface area contributed by atoms with Gasteiger partial charge >= 0.3 is 6.09 Å². The number of hydrogen-bond acceptors (Lipinski definition) is 5. The number of carbonyl (C=O) groups is 1. The van der Waals surface area contributed by atoms with Crippen molar-refractivity contribution in [2.75, 3.05) is 33.0 Å². The van der Waals surface area contributed by atoms with E-state index in [9.17, 15) is 4.79 Å². The maximum absolute atomic E-state index is 10.9. The average molecular weight is 279 g/mol. The molecule has 110 valence electrons. The van der Waals surface area contributed by atoms with Gasteiger partial charge in [-0.25, -0.2) is 4.79 Å². The molecule has 0 aromatic heterocycles. The Morgan fingerprint density at radius 3 is 2.50 bits per heavy atom. The molecule has 6 heteroatoms. The van der Waals surface area contributed by atoms with E-state index in [4.69, 9.17) is 20.9 Å². The van der Waals surface area contributed by atoms with Gasteiger partial charge in [0.25, 0.3) is 0 Å². The minimum Gasteiger partial charge on any atom is -0.493 e. The van der Waals surface area contributed by atoms with Crippen LogP contribution in [0.3, 0.4) is 0 Å². The number of benzene rings is 1. The number of carbonyl (C=O) groups excluding carboxylic acids is 1. The second-order valence-corrected chi connectivity index (χ2v) is 5.13. The fraction of sp³-hybridized carbons (Fsp3) is 0.500. The third-order valence-electron chi connectivity index (χ3n) is 3.74. The van der Waals surface area contributed by atoms with E-state index in [0.717, 1.165) is 31.5 Å². The molecule has 0 aliphatic carbocycles. The minimum atomic E-state index is -0.880. The van der Waals surface area contributed by atoms with Gasteiger partial charge in [-0.1, -0.05) is 0 Å². The quantitative estimate of drug-likeness (QED) is 0.819. The molecule has 1 aromatic rings. The molecular formula is C14H21N3O3. The smallest absolute Gasteiger partial charge is 0.410 e. The van der Waals surface area contributed by atoms with E-state index in [2.05, 4.69) is 11.9 Å². The first-order chi connectivity index (χ1) is 9.51. The fourth-order valence-corrected chi connectivity index (χ4v) is 2.61. The number of hydrogen-bond donors (Lipinski definition) is 2. The zero-order valence-electron chi connectivity index (χ0n) is 11.9. The number of piperidine rings is 1. The topological polar surface area (TPSA) is 90.8 Å². The lowest BCUT2D eigenvalue weighted by molar-refractivity contribution is 0.208. The van der Waals surface area contributed by atoms with Crippen molar-refractivity contribution in [3.8, 4) is 11.5 Å². The predicted molar refractivity (Wildman–Crippen MR) is 77.1 cm³/mol. The van der Waals surface area contributed by atoms with E-state index in [1.807, 2.05) is 6.07 Å². The number of rotatable bonds is 3. The summed E-state index contributed by atoms with van der Waals surface area (Å²) in [6, 6.07) is 3.46. The molecule has 1 aliphatic rings. The lowest BCUT2D eigenvalue weighted by atomic mass is 9.88. The highest BCUT2D eigenvalue weighted by molar-refractivity contribution is 5.71. The van der Waals surface area contributed by atoms with Gasteiger partial charge in [0.15, 0.2) is 11.5 Å². The first kappa shape index (κ1) is 14.5. The third kappa shape index (κ3) is 3.14. The van der Waals surface area contributed by atoms with Gasteiger partial charge < -0.3 is 25.8 Å². The van der Waals surface area contributed by atoms with Gasteiger partial charge in [0.2, 0.25) is 0 Å². The Kier molecular flexibility index (Phi) is 4.34. The highest BCUT2D eigenvalue weighted by Crippen LogP contribution is 2.38. The second kappa shape index (κ2) is 6.00. The zero-order valence-corrected chi connectivity index (χ0v) is 11.9. The molecule has 0 saturated carbocycles. The lowest BCUT2D eigenvalue weighted by Crippen LogP contribution is -2.29. The Morgan fingerprint density at radius 1 is 1.30 bits per heavy atom. The highest BCUT2D eigenvalue weighted by Gasteiger charge is 2.22. The van der Waals surface area contributed by atoms with Crippen molar-refractivity contribution in [2.45, 2.75) is 18.8 Å². The Morgan fingerprint density at radius 2 is 1.95 bits per heavy atom. The van der Waals surface area contributed by atoms with Crippen molar-refractivity contribution in [3.63, 3.8) is 0 Å². The highest BCUT2D eigenvalue weighted by atomic mass is 16.6. The van der Waals surface area contributed by atoms with Crippen LogP contribution in [0.4, 0.5) is 10.5 Å². The normalized spacial score (nSPS) is 16.9. The molecule has 1 heterocycles. The van der Waals surface area contributed by atoms with E-state index in [0.29, 0.717) is 17.4 Å². The molecule has 0 radical (unpaired) electrons. The van der Waals surface area contributed by atoms with E-state index in [1.54, 1.807) is 6.07 Å². The van der Waals surface area contributed by atoms with Crippen molar-refractivity contribution in [3.05, 3.63) is 17.7 Å². The molecule has 20 heavy (non-hydrogen) atoms. The summed E-state index contributed by atoms with van der Waals surface area (Å²) in [5, 5.41) is 0. The number of nitrogen functional groups attached to an aromatic ring is 1. The van der Waals surface area contributed by atoms with Crippen LogP contribution >= 0.6 is 0 Å². The SMILES string of the molecule is COc1cc(C2CCN(C)CC2)c(N)cc1OC(N)=O. The second-order valence-electron chi connectivity index (χ2n) is 5.13. The largest absolute Gasteiger partial charge is 0.493 e. The molecule has 1 fully saturated rings. The molecule has 2 rings (SSSR count). The molecule has 0 spiro atoms. The fourth-order valence-electron chi connectivity index (χ4n) is 2.61. The molecular weight excluding hydrogens is 258 g/mol. The first-order valence-electron chi connectivity index (χ1n) is 6.64. The van der Waals surface area contributed by atoms with Crippen molar-refractivity contribution in [1.29, 1.82) is 0 Å². The summed E-state index contributed by atoms with van der Waals surface area (Å²) in [6.07, 6.45) is 1.23. The van der Waals surface area contributed by atoms with Gasteiger partial charge in [-0.05, 0) is 50.5 Å². The Bertz CT molecular complexity index is 497. The van der Waals surface area contributed by atoms with Crippen LogP contribution in [0.25, 0.3) is 0 Å². The molecule has 4 N–H and O–H groups in total. The lowest BCUT2D eigenvalue weighted by Gasteiger charge is -2.30. The summed E-state index contributed by atoms with van der Waals surface area (Å²) in [6.45, 7) is 2.10. The van der Waals surface area contributed by atoms with Crippen molar-refractivity contribution in [2.24, 2.45) is 5.73 Å². The molecule has 6 nitrogen and oxygen atoms in total. The maximum Gasteiger partial charge on any atom is 0.410 e. The molecule has 1 saturated heterocycles. The van der Waals surface area contributed by atoms with Crippen molar-refractivity contribution >= 4 is 11.8 Å². The predicted octanol–water partition coefficient (Wildman–Crippen LogP) is 1.54. The van der Waals surface area contributed by atoms with Gasteiger partial charge in [0, 0.05) is 11.8 Å². The summed E-state index contributed by atoms with van der Waals surface area (Å²) in [7, 11) is 3.64. The monoisotopic (exact) mass is 279 g/mol. The average Bonchev–Trinajstić information content (AvgIpc) is 2.40. The molecule has 0 unspecified atom stereocenters. The summed E-state index contributed by atoms with van der Waals surface area (Å²) in [4.78, 5) is 13.2. The van der Waals surface area contributed by atoms with Crippen LogP contribution in [0.2, 0.25) is 0 Å². The molecule has 1 aliphatic heterocycles. The van der Waals surface area contributed by atoms with Crippen LogP contribution in [0.1, 0.15) is 24.3 Å². The number of anilines is 1. The van der Waals surface area contributed by atoms with Crippen LogP contribution in [-0.2, 0) is 0 Å². The Balaban J connectivity index is 2.28. The number of primary amides is 1. The van der Waals surface area contributed by atoms with Crippen molar-refractivity contribution in [1.82, 2.24) is 4.90 Å². The Labute approximate surface area is 118 Å². The Hall–Kier alpha value is -1.95. The summed E-state index contributed by atoms with van der Waals surface area (Å²) < 4.78 is 10.2. The van der Waals surface area contributed by atoms with Gasteiger partial charge in [-0.2, -0.15) is 0 Å². The first-order valence-corrected chi connectivity index (χ1v) is 6.64. The standard InChI is InChI=1S/C14H21N3O3/c1-17-5-3-9(4-6-17)10-7-12(19-2)13(8-11(10)15)20-14(16)18/h7-9H,3-6,15H2,1-2H3,(H2,16,18). The van der Waals surface area contributed by atoms with Crippen LogP contribution in [0, 0.1) is 0 Å². The minimum absolute atomic E-state index is 0.258. The summed E-state index contributed by atoms with van der Waals surface area (Å²) in [5.74, 6) is 1.14. The van der Waals surface area contributed by atoms with Gasteiger partial charge in [-0.15, -0.1) is 0 Å². The molecule has 0 bridgehead atoms. The number of nitrogens with zero attached hydrogens (tertiary/aromatic N) is 1. The van der Waals surface area contributed by atoms with E-state index in [-0.39, 0.29) is 5.75 Å². The van der Waals surface area contributed by atoms with Gasteiger partial charge in [0.05, 0.1) is 7.11 Å². The molecule has 0 atom stereocenters. The van der Waals surface area contributed by atoms with Crippen LogP contribution < -0.4 is 20.9 Å². The van der Waals surface area contributed by atoms with E-state index in [1.165, 1.54) is 7.11 Å². The zero-order chi connectivity index (χ0) is 14.7. The van der Waals surface area contributed by atoms with E-state index < -0.39 is 6.09 Å². The van der Waals surface area contributed by atoms with Gasteiger partial charge in [0.1, 0.15) is 0 Å².